The molecule has 0 saturated heterocycles. The average Bonchev–Trinajstić information content (AvgIpc) is 3.06. The van der Waals surface area contributed by atoms with Gasteiger partial charge in [-0.05, 0) is 35.9 Å². The van der Waals surface area contributed by atoms with E-state index >= 15 is 0 Å². The van der Waals surface area contributed by atoms with Crippen LogP contribution in [0.15, 0.2) is 41.9 Å². The Morgan fingerprint density at radius 1 is 1.13 bits per heavy atom. The van der Waals surface area contributed by atoms with Gasteiger partial charge in [-0.3, -0.25) is 4.79 Å². The van der Waals surface area contributed by atoms with Gasteiger partial charge in [-0.2, -0.15) is 0 Å². The van der Waals surface area contributed by atoms with Crippen molar-refractivity contribution in [1.82, 2.24) is 10.3 Å². The van der Waals surface area contributed by atoms with Crippen molar-refractivity contribution < 1.29 is 14.3 Å². The van der Waals surface area contributed by atoms with E-state index < -0.39 is 0 Å². The Labute approximate surface area is 137 Å². The number of ether oxygens (including phenoxy) is 2. The minimum absolute atomic E-state index is 0.116. The van der Waals surface area contributed by atoms with E-state index in [1.807, 2.05) is 30.3 Å². The van der Waals surface area contributed by atoms with E-state index in [9.17, 15) is 4.79 Å². The fraction of sp³-hybridized carbons (Fsp3) is 0.176. The van der Waals surface area contributed by atoms with Crippen molar-refractivity contribution in [3.63, 3.8) is 0 Å². The van der Waals surface area contributed by atoms with Crippen LogP contribution in [0.25, 0.3) is 10.2 Å². The fourth-order valence-electron chi connectivity index (χ4n) is 2.27. The van der Waals surface area contributed by atoms with Crippen LogP contribution >= 0.6 is 11.3 Å². The molecule has 0 radical (unpaired) electrons. The van der Waals surface area contributed by atoms with Crippen molar-refractivity contribution in [1.29, 1.82) is 0 Å². The predicted molar refractivity (Wildman–Crippen MR) is 90.3 cm³/mol. The summed E-state index contributed by atoms with van der Waals surface area (Å²) in [4.78, 5) is 16.5. The largest absolute Gasteiger partial charge is 0.493 e. The molecule has 0 aliphatic heterocycles. The maximum absolute atomic E-state index is 12.3. The van der Waals surface area contributed by atoms with Crippen LogP contribution in [0.5, 0.6) is 11.5 Å². The third-order valence-corrected chi connectivity index (χ3v) is 4.29. The Morgan fingerprint density at radius 2 is 1.96 bits per heavy atom. The molecule has 0 aliphatic carbocycles. The molecule has 1 heterocycles. The molecule has 0 atom stereocenters. The number of carbonyl (C=O) groups excluding carboxylic acids is 1. The quantitative estimate of drug-likeness (QED) is 0.781. The third-order valence-electron chi connectivity index (χ3n) is 3.49. The average molecular weight is 328 g/mol. The monoisotopic (exact) mass is 328 g/mol. The SMILES string of the molecule is COc1ccc(CNC(=O)c2ccc3ncsc3c2)cc1OC. The van der Waals surface area contributed by atoms with E-state index in [1.54, 1.807) is 25.8 Å². The van der Waals surface area contributed by atoms with Gasteiger partial charge in [0.15, 0.2) is 11.5 Å². The van der Waals surface area contributed by atoms with Gasteiger partial charge in [0.1, 0.15) is 0 Å². The van der Waals surface area contributed by atoms with Crippen LogP contribution in [0, 0.1) is 0 Å². The summed E-state index contributed by atoms with van der Waals surface area (Å²) < 4.78 is 11.5. The summed E-state index contributed by atoms with van der Waals surface area (Å²) >= 11 is 1.52. The Balaban J connectivity index is 1.71. The molecule has 0 fully saturated rings. The minimum Gasteiger partial charge on any atom is -0.493 e. The molecule has 2 aromatic carbocycles. The van der Waals surface area contributed by atoms with E-state index in [2.05, 4.69) is 10.3 Å². The molecular formula is C17H16N2O3S. The Hall–Kier alpha value is -2.60. The zero-order valence-corrected chi connectivity index (χ0v) is 13.6. The highest BCUT2D eigenvalue weighted by molar-refractivity contribution is 7.16. The molecule has 118 valence electrons. The summed E-state index contributed by atoms with van der Waals surface area (Å²) in [7, 11) is 3.18. The number of hydrogen-bond acceptors (Lipinski definition) is 5. The second-order valence-electron chi connectivity index (χ2n) is 4.91. The van der Waals surface area contributed by atoms with Gasteiger partial charge < -0.3 is 14.8 Å². The second-order valence-corrected chi connectivity index (χ2v) is 5.79. The number of nitrogens with one attached hydrogen (secondary N) is 1. The van der Waals surface area contributed by atoms with Gasteiger partial charge >= 0.3 is 0 Å². The van der Waals surface area contributed by atoms with Crippen LogP contribution in [0.1, 0.15) is 15.9 Å². The first kappa shape index (κ1) is 15.3. The third kappa shape index (κ3) is 3.27. The van der Waals surface area contributed by atoms with Crippen LogP contribution in [-0.4, -0.2) is 25.1 Å². The van der Waals surface area contributed by atoms with Gasteiger partial charge in [0.25, 0.3) is 5.91 Å². The number of fused-ring (bicyclic) bond motifs is 1. The lowest BCUT2D eigenvalue weighted by Crippen LogP contribution is -2.22. The minimum atomic E-state index is -0.116. The normalized spacial score (nSPS) is 10.5. The molecule has 0 aliphatic rings. The fourth-order valence-corrected chi connectivity index (χ4v) is 2.99. The Kier molecular flexibility index (Phi) is 4.43. The number of methoxy groups -OCH3 is 2. The molecule has 3 rings (SSSR count). The summed E-state index contributed by atoms with van der Waals surface area (Å²) in [5, 5.41) is 2.91. The van der Waals surface area contributed by atoms with Crippen LogP contribution in [0.2, 0.25) is 0 Å². The summed E-state index contributed by atoms with van der Waals surface area (Å²) in [6.07, 6.45) is 0. The second kappa shape index (κ2) is 6.66. The van der Waals surface area contributed by atoms with Gasteiger partial charge in [-0.15, -0.1) is 11.3 Å². The molecule has 6 heteroatoms. The lowest BCUT2D eigenvalue weighted by atomic mass is 10.1. The van der Waals surface area contributed by atoms with E-state index in [1.165, 1.54) is 11.3 Å². The number of aromatic nitrogens is 1. The topological polar surface area (TPSA) is 60.5 Å². The molecule has 3 aromatic rings. The lowest BCUT2D eigenvalue weighted by molar-refractivity contribution is 0.0951. The van der Waals surface area contributed by atoms with E-state index in [-0.39, 0.29) is 5.91 Å². The summed E-state index contributed by atoms with van der Waals surface area (Å²) in [5.41, 5.74) is 4.25. The van der Waals surface area contributed by atoms with Crippen molar-refractivity contribution in [2.45, 2.75) is 6.54 Å². The smallest absolute Gasteiger partial charge is 0.251 e. The molecular weight excluding hydrogens is 312 g/mol. The molecule has 1 amide bonds. The molecule has 1 N–H and O–H groups in total. The van der Waals surface area contributed by atoms with Gasteiger partial charge in [0, 0.05) is 12.1 Å². The van der Waals surface area contributed by atoms with Crippen molar-refractivity contribution in [3.05, 3.63) is 53.0 Å². The first-order valence-corrected chi connectivity index (χ1v) is 7.91. The molecule has 1 aromatic heterocycles. The molecule has 0 bridgehead atoms. The van der Waals surface area contributed by atoms with Crippen molar-refractivity contribution in [3.8, 4) is 11.5 Å². The number of thiazole rings is 1. The van der Waals surface area contributed by atoms with Gasteiger partial charge in [0.2, 0.25) is 0 Å². The van der Waals surface area contributed by atoms with Crippen LogP contribution < -0.4 is 14.8 Å². The molecule has 0 unspecified atom stereocenters. The standard InChI is InChI=1S/C17H16N2O3S/c1-21-14-6-3-11(7-15(14)22-2)9-18-17(20)12-4-5-13-16(8-12)23-10-19-13/h3-8,10H,9H2,1-2H3,(H,18,20). The van der Waals surface area contributed by atoms with Crippen LogP contribution in [-0.2, 0) is 6.54 Å². The maximum atomic E-state index is 12.3. The number of rotatable bonds is 5. The lowest BCUT2D eigenvalue weighted by Gasteiger charge is -2.10. The number of carbonyl (C=O) groups is 1. The van der Waals surface area contributed by atoms with E-state index in [0.717, 1.165) is 15.8 Å². The highest BCUT2D eigenvalue weighted by Gasteiger charge is 2.09. The summed E-state index contributed by atoms with van der Waals surface area (Å²) in [5.74, 6) is 1.19. The van der Waals surface area contributed by atoms with Crippen LogP contribution in [0.3, 0.4) is 0 Å². The maximum Gasteiger partial charge on any atom is 0.251 e. The van der Waals surface area contributed by atoms with Gasteiger partial charge in [-0.25, -0.2) is 4.98 Å². The molecule has 0 saturated carbocycles. The first-order chi connectivity index (χ1) is 11.2. The highest BCUT2D eigenvalue weighted by atomic mass is 32.1. The molecule has 5 nitrogen and oxygen atoms in total. The highest BCUT2D eigenvalue weighted by Crippen LogP contribution is 2.27. The Bertz CT molecular complexity index is 845. The number of amides is 1. The van der Waals surface area contributed by atoms with Gasteiger partial charge in [0.05, 0.1) is 29.9 Å². The predicted octanol–water partition coefficient (Wildman–Crippen LogP) is 3.24. The number of hydrogen-bond donors (Lipinski definition) is 1. The molecule has 0 spiro atoms. The van der Waals surface area contributed by atoms with E-state index in [0.29, 0.717) is 23.6 Å². The van der Waals surface area contributed by atoms with Gasteiger partial charge in [-0.1, -0.05) is 6.07 Å². The van der Waals surface area contributed by atoms with Crippen LogP contribution in [0.4, 0.5) is 0 Å². The first-order valence-electron chi connectivity index (χ1n) is 7.03. The molecule has 23 heavy (non-hydrogen) atoms. The van der Waals surface area contributed by atoms with E-state index in [4.69, 9.17) is 9.47 Å². The van der Waals surface area contributed by atoms with Crippen molar-refractivity contribution in [2.75, 3.05) is 14.2 Å². The zero-order valence-electron chi connectivity index (χ0n) is 12.8. The summed E-state index contributed by atoms with van der Waals surface area (Å²) in [6.45, 7) is 0.417. The zero-order chi connectivity index (χ0) is 16.2. The van der Waals surface area contributed by atoms with Crippen molar-refractivity contribution >= 4 is 27.5 Å². The number of benzene rings is 2. The van der Waals surface area contributed by atoms with Crippen molar-refractivity contribution in [2.24, 2.45) is 0 Å². The summed E-state index contributed by atoms with van der Waals surface area (Å²) in [6, 6.07) is 11.1. The number of nitrogens with zero attached hydrogens (tertiary/aromatic N) is 1. The Morgan fingerprint density at radius 3 is 2.74 bits per heavy atom.